The van der Waals surface area contributed by atoms with Gasteiger partial charge in [0.2, 0.25) is 5.91 Å². The summed E-state index contributed by atoms with van der Waals surface area (Å²) in [6, 6.07) is 5.28. The smallest absolute Gasteiger partial charge is 0.344 e. The lowest BCUT2D eigenvalue weighted by Gasteiger charge is -2.33. The highest BCUT2D eigenvalue weighted by Gasteiger charge is 2.52. The van der Waals surface area contributed by atoms with Crippen molar-refractivity contribution in [3.8, 4) is 5.75 Å². The third kappa shape index (κ3) is 6.37. The van der Waals surface area contributed by atoms with Crippen molar-refractivity contribution in [2.24, 2.45) is 5.92 Å². The molecule has 0 radical (unpaired) electrons. The maximum absolute atomic E-state index is 12.8. The molecule has 2 fully saturated rings. The molecular formula is C24H30N4O7. The van der Waals surface area contributed by atoms with Crippen LogP contribution in [-0.2, 0) is 23.9 Å². The van der Waals surface area contributed by atoms with Gasteiger partial charge in [-0.3, -0.25) is 19.8 Å². The Balaban J connectivity index is 1.43. The quantitative estimate of drug-likeness (QED) is 0.285. The van der Waals surface area contributed by atoms with Crippen molar-refractivity contribution in [1.29, 1.82) is 0 Å². The van der Waals surface area contributed by atoms with E-state index in [-0.39, 0.29) is 0 Å². The Morgan fingerprint density at radius 3 is 2.49 bits per heavy atom. The van der Waals surface area contributed by atoms with Gasteiger partial charge in [0.1, 0.15) is 17.3 Å². The van der Waals surface area contributed by atoms with Crippen molar-refractivity contribution in [3.63, 3.8) is 0 Å². The van der Waals surface area contributed by atoms with Crippen LogP contribution in [0.2, 0.25) is 0 Å². The van der Waals surface area contributed by atoms with E-state index in [9.17, 15) is 24.0 Å². The zero-order valence-corrected chi connectivity index (χ0v) is 20.0. The maximum atomic E-state index is 12.8. The fourth-order valence-corrected chi connectivity index (χ4v) is 3.94. The normalized spacial score (nSPS) is 22.6. The molecule has 2 aliphatic rings. The molecule has 1 aromatic carbocycles. The van der Waals surface area contributed by atoms with Crippen LogP contribution >= 0.6 is 0 Å². The molecule has 188 valence electrons. The van der Waals surface area contributed by atoms with Crippen LogP contribution < -0.4 is 20.8 Å². The minimum atomic E-state index is -1.03. The molecule has 3 N–H and O–H groups in total. The molecule has 1 aromatic rings. The molecule has 5 amide bonds. The van der Waals surface area contributed by atoms with Crippen LogP contribution in [0.3, 0.4) is 0 Å². The average molecular weight is 487 g/mol. The number of benzene rings is 1. The van der Waals surface area contributed by atoms with E-state index in [0.29, 0.717) is 29.5 Å². The number of hydrazine groups is 1. The Kier molecular flexibility index (Phi) is 8.10. The molecule has 1 aliphatic heterocycles. The number of nitrogens with one attached hydrogen (secondary N) is 3. The fourth-order valence-electron chi connectivity index (χ4n) is 3.94. The molecule has 3 rings (SSSR count). The monoisotopic (exact) mass is 486 g/mol. The van der Waals surface area contributed by atoms with Gasteiger partial charge in [-0.05, 0) is 62.3 Å². The van der Waals surface area contributed by atoms with Crippen molar-refractivity contribution < 1.29 is 33.4 Å². The Bertz CT molecular complexity index is 1010. The predicted molar refractivity (Wildman–Crippen MR) is 124 cm³/mol. The summed E-state index contributed by atoms with van der Waals surface area (Å²) >= 11 is 0. The molecule has 1 saturated heterocycles. The number of carbonyl (C=O) groups is 5. The summed E-state index contributed by atoms with van der Waals surface area (Å²) in [7, 11) is 1.55. The predicted octanol–water partition coefficient (Wildman–Crippen LogP) is 1.29. The lowest BCUT2D eigenvalue weighted by Crippen LogP contribution is -2.52. The number of hydrogen-bond acceptors (Lipinski definition) is 7. The zero-order valence-electron chi connectivity index (χ0n) is 20.0. The van der Waals surface area contributed by atoms with Gasteiger partial charge in [-0.1, -0.05) is 19.1 Å². The summed E-state index contributed by atoms with van der Waals surface area (Å²) in [6.07, 6.45) is 5.43. The van der Waals surface area contributed by atoms with E-state index in [1.807, 2.05) is 0 Å². The van der Waals surface area contributed by atoms with Gasteiger partial charge in [0.15, 0.2) is 6.61 Å². The van der Waals surface area contributed by atoms with Gasteiger partial charge in [-0.2, -0.15) is 5.01 Å². The van der Waals surface area contributed by atoms with E-state index in [4.69, 9.17) is 9.47 Å². The minimum absolute atomic E-state index is 0.466. The van der Waals surface area contributed by atoms with Gasteiger partial charge in [0.25, 0.3) is 11.8 Å². The number of ether oxygens (including phenoxy) is 2. The molecule has 1 saturated carbocycles. The molecule has 1 spiro atoms. The Hall–Kier alpha value is -3.89. The van der Waals surface area contributed by atoms with Crippen molar-refractivity contribution in [2.45, 2.75) is 51.1 Å². The van der Waals surface area contributed by atoms with Gasteiger partial charge in [-0.25, -0.2) is 9.59 Å². The van der Waals surface area contributed by atoms with Gasteiger partial charge >= 0.3 is 12.0 Å². The summed E-state index contributed by atoms with van der Waals surface area (Å²) in [6.45, 7) is 2.77. The van der Waals surface area contributed by atoms with Gasteiger partial charge in [0, 0.05) is 6.08 Å². The van der Waals surface area contributed by atoms with Gasteiger partial charge < -0.3 is 20.1 Å². The average Bonchev–Trinajstić information content (AvgIpc) is 3.07. The number of methoxy groups -OCH3 is 1. The molecule has 1 heterocycles. The van der Waals surface area contributed by atoms with E-state index < -0.39 is 47.9 Å². The van der Waals surface area contributed by atoms with Gasteiger partial charge in [-0.15, -0.1) is 0 Å². The molecule has 1 unspecified atom stereocenters. The summed E-state index contributed by atoms with van der Waals surface area (Å²) in [5, 5.41) is 5.76. The third-order valence-corrected chi connectivity index (χ3v) is 6.13. The SMILES string of the molecule is COc1ccc(C=CC(=O)NC(C)C(=O)OCC(=O)NN2C(=O)NC3(CCC(C)CC3)C2=O)cc1. The van der Waals surface area contributed by atoms with Crippen LogP contribution in [-0.4, -0.2) is 60.0 Å². The summed E-state index contributed by atoms with van der Waals surface area (Å²) in [5.41, 5.74) is 1.96. The standard InChI is InChI=1S/C24H30N4O7/c1-15-10-12-24(13-11-15)22(32)28(23(33)26-24)27-20(30)14-35-21(31)16(2)25-19(29)9-6-17-4-7-18(34-3)8-5-17/h4-9,15-16H,10-14H2,1-3H3,(H,25,29)(H,26,33)(H,27,30). The van der Waals surface area contributed by atoms with Crippen LogP contribution in [0.25, 0.3) is 6.08 Å². The number of nitrogens with zero attached hydrogens (tertiary/aromatic N) is 1. The highest BCUT2D eigenvalue weighted by atomic mass is 16.5. The Labute approximate surface area is 203 Å². The van der Waals surface area contributed by atoms with E-state index in [0.717, 1.165) is 18.4 Å². The highest BCUT2D eigenvalue weighted by molar-refractivity contribution is 6.08. The number of amides is 5. The Morgan fingerprint density at radius 1 is 1.20 bits per heavy atom. The van der Waals surface area contributed by atoms with Crippen molar-refractivity contribution in [3.05, 3.63) is 35.9 Å². The van der Waals surface area contributed by atoms with Crippen LogP contribution in [0.15, 0.2) is 30.3 Å². The maximum Gasteiger partial charge on any atom is 0.344 e. The second-order valence-electron chi connectivity index (χ2n) is 8.81. The fraction of sp³-hybridized carbons (Fsp3) is 0.458. The number of urea groups is 1. The molecule has 35 heavy (non-hydrogen) atoms. The highest BCUT2D eigenvalue weighted by Crippen LogP contribution is 2.35. The van der Waals surface area contributed by atoms with E-state index in [1.54, 1.807) is 37.5 Å². The summed E-state index contributed by atoms with van der Waals surface area (Å²) in [5.74, 6) is -1.58. The van der Waals surface area contributed by atoms with Crippen LogP contribution in [0.1, 0.15) is 45.1 Å². The van der Waals surface area contributed by atoms with E-state index in [2.05, 4.69) is 23.0 Å². The number of esters is 1. The number of imide groups is 1. The number of hydrogen-bond donors (Lipinski definition) is 3. The van der Waals surface area contributed by atoms with Crippen molar-refractivity contribution in [1.82, 2.24) is 21.1 Å². The van der Waals surface area contributed by atoms with Crippen LogP contribution in [0, 0.1) is 5.92 Å². The topological polar surface area (TPSA) is 143 Å². The molecule has 0 bridgehead atoms. The van der Waals surface area contributed by atoms with E-state index >= 15 is 0 Å². The summed E-state index contributed by atoms with van der Waals surface area (Å²) < 4.78 is 9.98. The lowest BCUT2D eigenvalue weighted by atomic mass is 9.77. The second-order valence-corrected chi connectivity index (χ2v) is 8.81. The van der Waals surface area contributed by atoms with Crippen molar-refractivity contribution in [2.75, 3.05) is 13.7 Å². The first kappa shape index (κ1) is 25.7. The van der Waals surface area contributed by atoms with Gasteiger partial charge in [0.05, 0.1) is 7.11 Å². The largest absolute Gasteiger partial charge is 0.497 e. The second kappa shape index (κ2) is 11.0. The molecule has 1 atom stereocenters. The Morgan fingerprint density at radius 2 is 1.86 bits per heavy atom. The van der Waals surface area contributed by atoms with Crippen LogP contribution in [0.5, 0.6) is 5.75 Å². The molecule has 1 aliphatic carbocycles. The van der Waals surface area contributed by atoms with Crippen LogP contribution in [0.4, 0.5) is 4.79 Å². The third-order valence-electron chi connectivity index (χ3n) is 6.13. The molecule has 11 nitrogen and oxygen atoms in total. The minimum Gasteiger partial charge on any atom is -0.497 e. The van der Waals surface area contributed by atoms with Crippen molar-refractivity contribution >= 4 is 35.8 Å². The molecular weight excluding hydrogens is 456 g/mol. The number of carbonyl (C=O) groups excluding carboxylic acids is 5. The first-order chi connectivity index (χ1) is 16.6. The lowest BCUT2D eigenvalue weighted by molar-refractivity contribution is -0.152. The molecule has 0 aromatic heterocycles. The van der Waals surface area contributed by atoms with E-state index in [1.165, 1.54) is 13.0 Å². The number of rotatable bonds is 8. The molecule has 11 heteroatoms. The zero-order chi connectivity index (χ0) is 25.6. The first-order valence-corrected chi connectivity index (χ1v) is 11.4. The summed E-state index contributed by atoms with van der Waals surface area (Å²) in [4.78, 5) is 61.4. The first-order valence-electron chi connectivity index (χ1n) is 11.4.